The van der Waals surface area contributed by atoms with Crippen molar-refractivity contribution in [1.82, 2.24) is 0 Å². The first kappa shape index (κ1) is 22.2. The van der Waals surface area contributed by atoms with Crippen molar-refractivity contribution in [3.8, 4) is 0 Å². The molecule has 4 nitrogen and oxygen atoms in total. The zero-order valence-electron chi connectivity index (χ0n) is 17.0. The minimum atomic E-state index is -1.07. The van der Waals surface area contributed by atoms with Gasteiger partial charge in [-0.05, 0) is 91.9 Å². The standard InChI is InChI=1S/C22H32O4.K/c1-20-9-5-15(23)13-14(20)3-4-16-17(20)6-10-21(2)18(16)7-11-22(21,26)12-8-19(24)25;/h5,9,14,16-18,26H,3-4,6-8,10-13H2,1-2H3,(H,24,25);/q;+1/p-1/t14-,16+,17-,18-,20-,21-,22+;/m0./s1. The summed E-state index contributed by atoms with van der Waals surface area (Å²) in [5, 5.41) is 22.3. The predicted molar refractivity (Wildman–Crippen MR) is 95.8 cm³/mol. The fourth-order valence-electron chi connectivity index (χ4n) is 7.46. The van der Waals surface area contributed by atoms with Gasteiger partial charge in [0.1, 0.15) is 0 Å². The van der Waals surface area contributed by atoms with E-state index in [1.807, 2.05) is 0 Å². The summed E-state index contributed by atoms with van der Waals surface area (Å²) in [7, 11) is 0. The van der Waals surface area contributed by atoms with Gasteiger partial charge in [0, 0.05) is 12.4 Å². The largest absolute Gasteiger partial charge is 1.00 e. The topological polar surface area (TPSA) is 77.4 Å². The summed E-state index contributed by atoms with van der Waals surface area (Å²) in [6, 6.07) is 0. The second-order valence-electron chi connectivity index (χ2n) is 9.92. The van der Waals surface area contributed by atoms with Gasteiger partial charge in [0.2, 0.25) is 0 Å². The summed E-state index contributed by atoms with van der Waals surface area (Å²) in [4.78, 5) is 22.9. The third kappa shape index (κ3) is 3.38. The Bertz CT molecular complexity index is 661. The van der Waals surface area contributed by atoms with E-state index in [1.165, 1.54) is 0 Å². The number of carbonyl (C=O) groups is 2. The van der Waals surface area contributed by atoms with Crippen LogP contribution in [-0.2, 0) is 9.59 Å². The number of carboxylic acids is 1. The number of rotatable bonds is 3. The van der Waals surface area contributed by atoms with Gasteiger partial charge in [0.15, 0.2) is 5.78 Å². The van der Waals surface area contributed by atoms with E-state index in [0.29, 0.717) is 42.9 Å². The Kier molecular flexibility index (Phi) is 6.26. The van der Waals surface area contributed by atoms with Crippen molar-refractivity contribution >= 4 is 11.8 Å². The minimum Gasteiger partial charge on any atom is -0.550 e. The third-order valence-electron chi connectivity index (χ3n) is 9.10. The fraction of sp³-hybridized carbons (Fsp3) is 0.818. The van der Waals surface area contributed by atoms with Gasteiger partial charge in [-0.25, -0.2) is 0 Å². The van der Waals surface area contributed by atoms with Crippen LogP contribution in [0.1, 0.15) is 71.6 Å². The average Bonchev–Trinajstić information content (AvgIpc) is 2.86. The molecule has 4 aliphatic carbocycles. The second-order valence-corrected chi connectivity index (χ2v) is 9.92. The monoisotopic (exact) mass is 398 g/mol. The summed E-state index contributed by atoms with van der Waals surface area (Å²) < 4.78 is 0. The Morgan fingerprint density at radius 2 is 1.89 bits per heavy atom. The Morgan fingerprint density at radius 1 is 1.19 bits per heavy atom. The van der Waals surface area contributed by atoms with Crippen LogP contribution < -0.4 is 56.5 Å². The number of allylic oxidation sites excluding steroid dienone is 2. The van der Waals surface area contributed by atoms with Crippen LogP contribution in [0.25, 0.3) is 0 Å². The number of ketones is 1. The van der Waals surface area contributed by atoms with Gasteiger partial charge in [0.25, 0.3) is 0 Å². The molecule has 0 bridgehead atoms. The molecule has 0 aliphatic heterocycles. The van der Waals surface area contributed by atoms with Crippen molar-refractivity contribution in [2.24, 2.45) is 34.5 Å². The van der Waals surface area contributed by atoms with E-state index in [0.717, 1.165) is 32.1 Å². The summed E-state index contributed by atoms with van der Waals surface area (Å²) in [5.41, 5.74) is -0.969. The maximum atomic E-state index is 11.9. The molecular weight excluding hydrogens is 367 g/mol. The molecule has 0 radical (unpaired) electrons. The van der Waals surface area contributed by atoms with E-state index in [9.17, 15) is 19.8 Å². The van der Waals surface area contributed by atoms with Crippen molar-refractivity contribution < 1.29 is 71.2 Å². The number of fused-ring (bicyclic) bond motifs is 5. The molecule has 0 unspecified atom stereocenters. The van der Waals surface area contributed by atoms with Crippen LogP contribution in [0.3, 0.4) is 0 Å². The number of aliphatic carboxylic acids is 1. The molecule has 144 valence electrons. The molecule has 0 aromatic heterocycles. The van der Waals surface area contributed by atoms with Crippen LogP contribution in [0, 0.1) is 34.5 Å². The molecule has 4 aliphatic rings. The van der Waals surface area contributed by atoms with Crippen LogP contribution in [0.2, 0.25) is 0 Å². The van der Waals surface area contributed by atoms with Gasteiger partial charge >= 0.3 is 51.4 Å². The molecule has 4 rings (SSSR count). The molecule has 7 atom stereocenters. The summed E-state index contributed by atoms with van der Waals surface area (Å²) >= 11 is 0. The van der Waals surface area contributed by atoms with Gasteiger partial charge in [-0.1, -0.05) is 19.9 Å². The van der Waals surface area contributed by atoms with Crippen molar-refractivity contribution in [2.45, 2.75) is 77.2 Å². The zero-order chi connectivity index (χ0) is 18.7. The molecule has 27 heavy (non-hydrogen) atoms. The average molecular weight is 399 g/mol. The molecule has 0 heterocycles. The first-order valence-electron chi connectivity index (χ1n) is 10.3. The first-order chi connectivity index (χ1) is 12.2. The quantitative estimate of drug-likeness (QED) is 0.659. The molecule has 0 saturated heterocycles. The molecule has 0 aromatic rings. The molecule has 5 heteroatoms. The Labute approximate surface area is 205 Å². The van der Waals surface area contributed by atoms with Crippen LogP contribution in [-0.4, -0.2) is 22.5 Å². The Morgan fingerprint density at radius 3 is 2.59 bits per heavy atom. The van der Waals surface area contributed by atoms with Gasteiger partial charge < -0.3 is 15.0 Å². The van der Waals surface area contributed by atoms with Gasteiger partial charge in [-0.2, -0.15) is 0 Å². The molecular formula is C22H31KO4. The number of aliphatic hydroxyl groups is 1. The summed E-state index contributed by atoms with van der Waals surface area (Å²) in [5.74, 6) is 1.27. The fourth-order valence-corrected chi connectivity index (χ4v) is 7.46. The Balaban J connectivity index is 0.00000210. The number of carbonyl (C=O) groups excluding carboxylic acids is 2. The number of carboxylic acid groups (broad SMARTS) is 1. The van der Waals surface area contributed by atoms with E-state index in [4.69, 9.17) is 0 Å². The third-order valence-corrected chi connectivity index (χ3v) is 9.10. The van der Waals surface area contributed by atoms with Gasteiger partial charge in [-0.15, -0.1) is 0 Å². The summed E-state index contributed by atoms with van der Waals surface area (Å²) in [6.45, 7) is 4.54. The Hall–Kier alpha value is 0.476. The molecule has 1 N–H and O–H groups in total. The smallest absolute Gasteiger partial charge is 0.550 e. The zero-order valence-corrected chi connectivity index (χ0v) is 20.1. The van der Waals surface area contributed by atoms with Crippen molar-refractivity contribution in [1.29, 1.82) is 0 Å². The predicted octanol–water partition coefficient (Wildman–Crippen LogP) is -0.361. The minimum absolute atomic E-state index is 0. The van der Waals surface area contributed by atoms with E-state index in [-0.39, 0.29) is 74.4 Å². The molecule has 0 aromatic carbocycles. The molecule has 0 spiro atoms. The van der Waals surface area contributed by atoms with Crippen LogP contribution in [0.5, 0.6) is 0 Å². The second kappa shape index (κ2) is 7.62. The SMILES string of the molecule is C[C@]12C=CC(=O)C[C@@H]1CC[C@@H]1[C@@H]2CC[C@@]2(C)[C@H]1CC[C@@]2(O)CCC(=O)[O-].[K+]. The van der Waals surface area contributed by atoms with Crippen molar-refractivity contribution in [3.05, 3.63) is 12.2 Å². The van der Waals surface area contributed by atoms with Crippen LogP contribution >= 0.6 is 0 Å². The van der Waals surface area contributed by atoms with Gasteiger partial charge in [0.05, 0.1) is 5.60 Å². The normalized spacial score (nSPS) is 48.2. The molecule has 0 amide bonds. The number of hydrogen-bond acceptors (Lipinski definition) is 4. The maximum absolute atomic E-state index is 11.9. The number of hydrogen-bond donors (Lipinski definition) is 1. The van der Waals surface area contributed by atoms with E-state index in [2.05, 4.69) is 19.9 Å². The van der Waals surface area contributed by atoms with Crippen LogP contribution in [0.15, 0.2) is 12.2 Å². The van der Waals surface area contributed by atoms with E-state index < -0.39 is 11.6 Å². The van der Waals surface area contributed by atoms with Crippen molar-refractivity contribution in [3.63, 3.8) is 0 Å². The molecule has 3 fully saturated rings. The maximum Gasteiger partial charge on any atom is 1.00 e. The van der Waals surface area contributed by atoms with Crippen molar-refractivity contribution in [2.75, 3.05) is 0 Å². The summed E-state index contributed by atoms with van der Waals surface area (Å²) in [6.07, 6.45) is 10.9. The van der Waals surface area contributed by atoms with Crippen LogP contribution in [0.4, 0.5) is 0 Å². The van der Waals surface area contributed by atoms with Gasteiger partial charge in [-0.3, -0.25) is 4.79 Å². The molecule has 3 saturated carbocycles. The first-order valence-corrected chi connectivity index (χ1v) is 10.3. The van der Waals surface area contributed by atoms with E-state index in [1.54, 1.807) is 6.08 Å². The van der Waals surface area contributed by atoms with E-state index >= 15 is 0 Å².